The van der Waals surface area contributed by atoms with Crippen molar-refractivity contribution in [1.29, 1.82) is 0 Å². The summed E-state index contributed by atoms with van der Waals surface area (Å²) in [6.07, 6.45) is 0. The molecule has 4 N–H and O–H groups in total. The van der Waals surface area contributed by atoms with Gasteiger partial charge in [0.1, 0.15) is 0 Å². The highest BCUT2D eigenvalue weighted by molar-refractivity contribution is 6.32. The van der Waals surface area contributed by atoms with Crippen LogP contribution < -0.4 is 11.1 Å². The number of nitrogens with two attached hydrogens (primary N) is 1. The summed E-state index contributed by atoms with van der Waals surface area (Å²) in [5.41, 5.74) is 7.65. The van der Waals surface area contributed by atoms with Crippen molar-refractivity contribution < 1.29 is 10.0 Å². The van der Waals surface area contributed by atoms with E-state index < -0.39 is 0 Å². The standard InChI is InChI=1S/C15H14ClN3O2/c1-9-10(6-4-7-12(9)16)15(20)18-13-8-3-2-5-11(13)14(17)19-21/h2-8,21H,1H3,(H2,17,19)(H,18,20). The van der Waals surface area contributed by atoms with E-state index >= 15 is 0 Å². The van der Waals surface area contributed by atoms with Crippen LogP contribution in [-0.4, -0.2) is 17.0 Å². The normalized spacial score (nSPS) is 11.2. The zero-order valence-corrected chi connectivity index (χ0v) is 12.1. The van der Waals surface area contributed by atoms with Gasteiger partial charge in [0.2, 0.25) is 0 Å². The van der Waals surface area contributed by atoms with Gasteiger partial charge in [-0.15, -0.1) is 0 Å². The summed E-state index contributed by atoms with van der Waals surface area (Å²) in [6, 6.07) is 11.9. The first-order valence-electron chi connectivity index (χ1n) is 6.18. The number of para-hydroxylation sites is 1. The van der Waals surface area contributed by atoms with Crippen LogP contribution in [0.2, 0.25) is 5.02 Å². The molecule has 0 fully saturated rings. The lowest BCUT2D eigenvalue weighted by Gasteiger charge is -2.11. The van der Waals surface area contributed by atoms with Crippen molar-refractivity contribution >= 4 is 29.0 Å². The fourth-order valence-corrected chi connectivity index (χ4v) is 2.09. The molecule has 6 heteroatoms. The van der Waals surface area contributed by atoms with Crippen LogP contribution in [-0.2, 0) is 0 Å². The van der Waals surface area contributed by atoms with Crippen LogP contribution in [0, 0.1) is 6.92 Å². The zero-order valence-electron chi connectivity index (χ0n) is 11.3. The van der Waals surface area contributed by atoms with E-state index in [0.29, 0.717) is 27.4 Å². The second kappa shape index (κ2) is 6.28. The maximum Gasteiger partial charge on any atom is 0.256 e. The molecule has 0 radical (unpaired) electrons. The molecule has 0 atom stereocenters. The largest absolute Gasteiger partial charge is 0.409 e. The van der Waals surface area contributed by atoms with E-state index in [-0.39, 0.29) is 11.7 Å². The monoisotopic (exact) mass is 303 g/mol. The van der Waals surface area contributed by atoms with Crippen molar-refractivity contribution in [2.24, 2.45) is 10.9 Å². The van der Waals surface area contributed by atoms with Gasteiger partial charge in [-0.1, -0.05) is 35.0 Å². The number of carbonyl (C=O) groups is 1. The van der Waals surface area contributed by atoms with Gasteiger partial charge in [0.25, 0.3) is 5.91 Å². The van der Waals surface area contributed by atoms with Gasteiger partial charge in [-0.3, -0.25) is 4.79 Å². The van der Waals surface area contributed by atoms with Crippen LogP contribution in [0.3, 0.4) is 0 Å². The number of halogens is 1. The third kappa shape index (κ3) is 3.14. The third-order valence-corrected chi connectivity index (χ3v) is 3.48. The number of rotatable bonds is 3. The minimum absolute atomic E-state index is 0.0753. The lowest BCUT2D eigenvalue weighted by molar-refractivity contribution is 0.102. The van der Waals surface area contributed by atoms with E-state index in [1.165, 1.54) is 0 Å². The van der Waals surface area contributed by atoms with Crippen LogP contribution in [0.1, 0.15) is 21.5 Å². The number of hydrogen-bond acceptors (Lipinski definition) is 3. The fraction of sp³-hybridized carbons (Fsp3) is 0.0667. The first-order valence-corrected chi connectivity index (χ1v) is 6.55. The Bertz CT molecular complexity index is 714. The van der Waals surface area contributed by atoms with Gasteiger partial charge in [0.05, 0.1) is 5.69 Å². The summed E-state index contributed by atoms with van der Waals surface area (Å²) in [4.78, 5) is 12.3. The number of nitrogens with one attached hydrogen (secondary N) is 1. The molecule has 0 unspecified atom stereocenters. The lowest BCUT2D eigenvalue weighted by Crippen LogP contribution is -2.19. The van der Waals surface area contributed by atoms with Gasteiger partial charge in [-0.2, -0.15) is 0 Å². The topological polar surface area (TPSA) is 87.7 Å². The van der Waals surface area contributed by atoms with E-state index in [4.69, 9.17) is 22.5 Å². The molecule has 0 spiro atoms. The van der Waals surface area contributed by atoms with Crippen LogP contribution in [0.5, 0.6) is 0 Å². The molecule has 1 amide bonds. The van der Waals surface area contributed by atoms with Crippen LogP contribution in [0.15, 0.2) is 47.6 Å². The Balaban J connectivity index is 2.35. The number of nitrogens with zero attached hydrogens (tertiary/aromatic N) is 1. The first kappa shape index (κ1) is 14.9. The van der Waals surface area contributed by atoms with Crippen molar-refractivity contribution in [3.63, 3.8) is 0 Å². The van der Waals surface area contributed by atoms with Crippen LogP contribution in [0.25, 0.3) is 0 Å². The van der Waals surface area contributed by atoms with E-state index in [1.54, 1.807) is 49.4 Å². The molecule has 0 aromatic heterocycles. The number of benzene rings is 2. The SMILES string of the molecule is Cc1c(Cl)cccc1C(=O)Nc1ccccc1/C(N)=N/O. The minimum Gasteiger partial charge on any atom is -0.409 e. The average Bonchev–Trinajstić information content (AvgIpc) is 2.49. The fourth-order valence-electron chi connectivity index (χ4n) is 1.91. The van der Waals surface area contributed by atoms with Gasteiger partial charge in [0.15, 0.2) is 5.84 Å². The number of amidine groups is 1. The smallest absolute Gasteiger partial charge is 0.256 e. The van der Waals surface area contributed by atoms with Gasteiger partial charge in [-0.05, 0) is 36.8 Å². The Morgan fingerprint density at radius 1 is 1.19 bits per heavy atom. The first-order chi connectivity index (χ1) is 10.0. The number of anilines is 1. The highest BCUT2D eigenvalue weighted by Gasteiger charge is 2.14. The maximum atomic E-state index is 12.3. The van der Waals surface area contributed by atoms with Gasteiger partial charge in [0, 0.05) is 16.1 Å². The minimum atomic E-state index is -0.312. The van der Waals surface area contributed by atoms with Crippen molar-refractivity contribution in [3.05, 3.63) is 64.2 Å². The number of amides is 1. The molecule has 0 aliphatic heterocycles. The molecule has 0 saturated heterocycles. The summed E-state index contributed by atoms with van der Waals surface area (Å²) in [6.45, 7) is 1.77. The predicted molar refractivity (Wildman–Crippen MR) is 83.1 cm³/mol. The summed E-state index contributed by atoms with van der Waals surface area (Å²) in [5, 5.41) is 15.0. The molecular formula is C15H14ClN3O2. The molecule has 0 aliphatic rings. The molecular weight excluding hydrogens is 290 g/mol. The van der Waals surface area contributed by atoms with Crippen LogP contribution in [0.4, 0.5) is 5.69 Å². The van der Waals surface area contributed by atoms with E-state index in [2.05, 4.69) is 10.5 Å². The average molecular weight is 304 g/mol. The molecule has 5 nitrogen and oxygen atoms in total. The molecule has 108 valence electrons. The number of hydrogen-bond donors (Lipinski definition) is 3. The molecule has 2 aromatic carbocycles. The molecule has 2 aromatic rings. The van der Waals surface area contributed by atoms with Crippen molar-refractivity contribution in [1.82, 2.24) is 0 Å². The molecule has 2 rings (SSSR count). The second-order valence-corrected chi connectivity index (χ2v) is 4.80. The Morgan fingerprint density at radius 2 is 1.86 bits per heavy atom. The zero-order chi connectivity index (χ0) is 15.4. The Labute approximate surface area is 127 Å². The van der Waals surface area contributed by atoms with E-state index in [9.17, 15) is 4.79 Å². The summed E-state index contributed by atoms with van der Waals surface area (Å²) in [7, 11) is 0. The third-order valence-electron chi connectivity index (χ3n) is 3.07. The van der Waals surface area contributed by atoms with Crippen molar-refractivity contribution in [3.8, 4) is 0 Å². The van der Waals surface area contributed by atoms with E-state index in [0.717, 1.165) is 0 Å². The van der Waals surface area contributed by atoms with Gasteiger partial charge < -0.3 is 16.3 Å². The Hall–Kier alpha value is -2.53. The molecule has 0 bridgehead atoms. The summed E-state index contributed by atoms with van der Waals surface area (Å²) >= 11 is 6.01. The van der Waals surface area contributed by atoms with Crippen molar-refractivity contribution in [2.75, 3.05) is 5.32 Å². The number of oxime groups is 1. The molecule has 0 aliphatic carbocycles. The predicted octanol–water partition coefficient (Wildman–Crippen LogP) is 3.00. The number of carbonyl (C=O) groups excluding carboxylic acids is 1. The van der Waals surface area contributed by atoms with Crippen molar-refractivity contribution in [2.45, 2.75) is 6.92 Å². The maximum absolute atomic E-state index is 12.3. The van der Waals surface area contributed by atoms with E-state index in [1.807, 2.05) is 0 Å². The Morgan fingerprint density at radius 3 is 2.57 bits per heavy atom. The quantitative estimate of drug-likeness (QED) is 0.352. The molecule has 21 heavy (non-hydrogen) atoms. The highest BCUT2D eigenvalue weighted by Crippen LogP contribution is 2.21. The van der Waals surface area contributed by atoms with Gasteiger partial charge >= 0.3 is 0 Å². The molecule has 0 saturated carbocycles. The van der Waals surface area contributed by atoms with Gasteiger partial charge in [-0.25, -0.2) is 0 Å². The summed E-state index contributed by atoms with van der Waals surface area (Å²) in [5.74, 6) is -0.387. The lowest BCUT2D eigenvalue weighted by atomic mass is 10.1. The summed E-state index contributed by atoms with van der Waals surface area (Å²) < 4.78 is 0. The second-order valence-electron chi connectivity index (χ2n) is 4.40. The Kier molecular flexibility index (Phi) is 4.45. The molecule has 0 heterocycles. The van der Waals surface area contributed by atoms with Crippen LogP contribution >= 0.6 is 11.6 Å². The highest BCUT2D eigenvalue weighted by atomic mass is 35.5.